The molecule has 0 radical (unpaired) electrons. The van der Waals surface area contributed by atoms with Gasteiger partial charge in [0.1, 0.15) is 18.3 Å². The molecule has 0 spiro atoms. The van der Waals surface area contributed by atoms with Crippen LogP contribution in [0.15, 0.2) is 18.3 Å². The van der Waals surface area contributed by atoms with Gasteiger partial charge in [0.2, 0.25) is 0 Å². The number of nitrogens with zero attached hydrogens (tertiary/aromatic N) is 4. The van der Waals surface area contributed by atoms with Crippen LogP contribution < -0.4 is 5.73 Å². The Balaban J connectivity index is 0.000000686. The summed E-state index contributed by atoms with van der Waals surface area (Å²) in [6, 6.07) is 3.80. The van der Waals surface area contributed by atoms with Crippen molar-refractivity contribution in [3.05, 3.63) is 29.7 Å². The van der Waals surface area contributed by atoms with E-state index in [4.69, 9.17) is 10.5 Å². The highest BCUT2D eigenvalue weighted by molar-refractivity contribution is 5.51. The lowest BCUT2D eigenvalue weighted by Gasteiger charge is -2.03. The number of rotatable bonds is 2. The fraction of sp³-hybridized carbons (Fsp3) is 0.273. The summed E-state index contributed by atoms with van der Waals surface area (Å²) in [7, 11) is 0. The Morgan fingerprint density at radius 3 is 2.65 bits per heavy atom. The number of nitrogen functional groups attached to an aromatic ring is 1. The smallest absolute Gasteiger partial charge is 0.149 e. The van der Waals surface area contributed by atoms with E-state index < -0.39 is 0 Å². The van der Waals surface area contributed by atoms with E-state index in [1.165, 1.54) is 0 Å². The summed E-state index contributed by atoms with van der Waals surface area (Å²) in [6.07, 6.45) is 2.72. The maximum Gasteiger partial charge on any atom is 0.149 e. The van der Waals surface area contributed by atoms with Gasteiger partial charge in [-0.3, -0.25) is 0 Å². The number of carbonyl (C=O) groups is 1. The van der Waals surface area contributed by atoms with Crippen LogP contribution in [0.3, 0.4) is 0 Å². The van der Waals surface area contributed by atoms with Gasteiger partial charge in [0.15, 0.2) is 0 Å². The van der Waals surface area contributed by atoms with E-state index in [0.717, 1.165) is 23.5 Å². The van der Waals surface area contributed by atoms with Crippen LogP contribution in [0.5, 0.6) is 0 Å². The highest BCUT2D eigenvalue weighted by Gasteiger charge is 2.05. The lowest BCUT2D eigenvalue weighted by Crippen LogP contribution is -2.03. The summed E-state index contributed by atoms with van der Waals surface area (Å²) >= 11 is 0. The number of aromatic nitrogens is 4. The first kappa shape index (κ1) is 12.8. The van der Waals surface area contributed by atoms with Crippen molar-refractivity contribution in [2.75, 3.05) is 5.73 Å². The molecule has 0 fully saturated rings. The largest absolute Gasteiger partial charge is 0.382 e. The van der Waals surface area contributed by atoms with E-state index in [1.807, 2.05) is 39.0 Å². The molecule has 6 nitrogen and oxygen atoms in total. The van der Waals surface area contributed by atoms with Crippen LogP contribution in [0.25, 0.3) is 5.69 Å². The van der Waals surface area contributed by atoms with Crippen molar-refractivity contribution < 1.29 is 4.79 Å². The Labute approximate surface area is 99.5 Å². The van der Waals surface area contributed by atoms with Crippen molar-refractivity contribution in [2.24, 2.45) is 0 Å². The molecule has 6 heteroatoms. The Bertz CT molecular complexity index is 494. The summed E-state index contributed by atoms with van der Waals surface area (Å²) in [4.78, 5) is 12.2. The van der Waals surface area contributed by atoms with Crippen LogP contribution in [0.1, 0.15) is 18.3 Å². The molecule has 0 aliphatic carbocycles. The number of carbonyl (C=O) groups excluding carboxylic acids is 1. The summed E-state index contributed by atoms with van der Waals surface area (Å²) < 4.78 is 1.65. The van der Waals surface area contributed by atoms with E-state index in [9.17, 15) is 0 Å². The summed E-state index contributed by atoms with van der Waals surface area (Å²) in [6.45, 7) is 5.93. The Hall–Kier alpha value is -2.24. The number of anilines is 1. The van der Waals surface area contributed by atoms with E-state index in [1.54, 1.807) is 4.68 Å². The molecule has 2 N–H and O–H groups in total. The Morgan fingerprint density at radius 2 is 2.12 bits per heavy atom. The quantitative estimate of drug-likeness (QED) is 0.833. The monoisotopic (exact) mass is 233 g/mol. The second-order valence-corrected chi connectivity index (χ2v) is 3.37. The number of hydrogen-bond donors (Lipinski definition) is 1. The molecule has 0 saturated heterocycles. The van der Waals surface area contributed by atoms with E-state index in [0.29, 0.717) is 5.82 Å². The second kappa shape index (κ2) is 5.74. The third kappa shape index (κ3) is 2.87. The third-order valence-electron chi connectivity index (χ3n) is 2.19. The first-order valence-electron chi connectivity index (χ1n) is 5.14. The van der Waals surface area contributed by atoms with Crippen molar-refractivity contribution in [2.45, 2.75) is 20.3 Å². The van der Waals surface area contributed by atoms with Crippen LogP contribution in [0, 0.1) is 6.92 Å². The fourth-order valence-electron chi connectivity index (χ4n) is 1.34. The van der Waals surface area contributed by atoms with Gasteiger partial charge < -0.3 is 10.5 Å². The minimum atomic E-state index is 0.475. The minimum absolute atomic E-state index is 0.475. The molecule has 0 amide bonds. The maximum absolute atomic E-state index is 8.00. The van der Waals surface area contributed by atoms with Crippen molar-refractivity contribution in [1.82, 2.24) is 20.0 Å². The van der Waals surface area contributed by atoms with Gasteiger partial charge in [-0.25, -0.2) is 9.67 Å². The zero-order chi connectivity index (χ0) is 12.8. The van der Waals surface area contributed by atoms with Gasteiger partial charge in [-0.1, -0.05) is 12.1 Å². The minimum Gasteiger partial charge on any atom is -0.382 e. The first-order chi connectivity index (χ1) is 8.20. The fourth-order valence-corrected chi connectivity index (χ4v) is 1.34. The lowest BCUT2D eigenvalue weighted by molar-refractivity contribution is -0.0979. The zero-order valence-electron chi connectivity index (χ0n) is 9.92. The number of hydrogen-bond acceptors (Lipinski definition) is 5. The molecule has 0 bridgehead atoms. The van der Waals surface area contributed by atoms with Gasteiger partial charge in [0.05, 0.1) is 11.9 Å². The molecule has 2 heterocycles. The molecule has 2 rings (SSSR count). The van der Waals surface area contributed by atoms with Crippen LogP contribution in [0.2, 0.25) is 0 Å². The Kier molecular flexibility index (Phi) is 4.33. The predicted molar refractivity (Wildman–Crippen MR) is 64.8 cm³/mol. The summed E-state index contributed by atoms with van der Waals surface area (Å²) in [5.41, 5.74) is 8.41. The van der Waals surface area contributed by atoms with Gasteiger partial charge in [0, 0.05) is 5.69 Å². The highest BCUT2D eigenvalue weighted by atomic mass is 16.1. The lowest BCUT2D eigenvalue weighted by atomic mass is 10.3. The van der Waals surface area contributed by atoms with Gasteiger partial charge in [-0.2, -0.15) is 0 Å². The first-order valence-corrected chi connectivity index (χ1v) is 5.14. The normalized spacial score (nSPS) is 9.53. The van der Waals surface area contributed by atoms with E-state index in [-0.39, 0.29) is 0 Å². The molecular weight excluding hydrogens is 218 g/mol. The van der Waals surface area contributed by atoms with E-state index in [2.05, 4.69) is 15.3 Å². The van der Waals surface area contributed by atoms with Crippen LogP contribution >= 0.6 is 0 Å². The van der Waals surface area contributed by atoms with Gasteiger partial charge >= 0.3 is 0 Å². The van der Waals surface area contributed by atoms with Crippen molar-refractivity contribution in [1.29, 1.82) is 0 Å². The standard InChI is InChI=1S/C10H13N5.CH2O/c1-3-8-6-15(14-13-8)9-5-4-7(2)12-10(9)11;1-2/h4-6H,3H2,1-2H3,(H2,11,12);1H2. The average molecular weight is 233 g/mol. The molecular formula is C11H15N5O. The molecule has 0 saturated carbocycles. The number of nitrogens with two attached hydrogens (primary N) is 1. The molecule has 0 aliphatic heterocycles. The molecule has 0 unspecified atom stereocenters. The van der Waals surface area contributed by atoms with Crippen molar-refractivity contribution in [3.63, 3.8) is 0 Å². The highest BCUT2D eigenvalue weighted by Crippen LogP contribution is 2.14. The average Bonchev–Trinajstić information content (AvgIpc) is 2.80. The van der Waals surface area contributed by atoms with Crippen molar-refractivity contribution in [3.8, 4) is 5.69 Å². The van der Waals surface area contributed by atoms with Gasteiger partial charge in [-0.05, 0) is 25.5 Å². The summed E-state index contributed by atoms with van der Waals surface area (Å²) in [5, 5.41) is 8.00. The maximum atomic E-state index is 8.00. The van der Waals surface area contributed by atoms with Crippen LogP contribution in [-0.4, -0.2) is 26.8 Å². The SMILES string of the molecule is C=O.CCc1cn(-c2ccc(C)nc2N)nn1. The molecule has 0 aromatic carbocycles. The molecule has 17 heavy (non-hydrogen) atoms. The topological polar surface area (TPSA) is 86.7 Å². The number of aryl methyl sites for hydroxylation is 2. The third-order valence-corrected chi connectivity index (χ3v) is 2.19. The molecule has 2 aromatic rings. The molecule has 0 atom stereocenters. The number of pyridine rings is 1. The zero-order valence-corrected chi connectivity index (χ0v) is 9.92. The van der Waals surface area contributed by atoms with Crippen LogP contribution in [0.4, 0.5) is 5.82 Å². The Morgan fingerprint density at radius 1 is 1.41 bits per heavy atom. The predicted octanol–water partition coefficient (Wildman–Crippen LogP) is 0.930. The van der Waals surface area contributed by atoms with Crippen molar-refractivity contribution >= 4 is 12.6 Å². The van der Waals surface area contributed by atoms with Gasteiger partial charge in [-0.15, -0.1) is 5.10 Å². The van der Waals surface area contributed by atoms with E-state index >= 15 is 0 Å². The summed E-state index contributed by atoms with van der Waals surface area (Å²) in [5.74, 6) is 0.475. The van der Waals surface area contributed by atoms with Gasteiger partial charge in [0.25, 0.3) is 0 Å². The molecule has 0 aliphatic rings. The van der Waals surface area contributed by atoms with Crippen LogP contribution in [-0.2, 0) is 11.2 Å². The second-order valence-electron chi connectivity index (χ2n) is 3.37. The molecule has 2 aromatic heterocycles. The molecule has 90 valence electrons.